The van der Waals surface area contributed by atoms with Gasteiger partial charge in [0, 0.05) is 22.1 Å². The van der Waals surface area contributed by atoms with Gasteiger partial charge in [0.05, 0.1) is 11.4 Å². The first-order chi connectivity index (χ1) is 8.97. The van der Waals surface area contributed by atoms with Crippen LogP contribution in [0.25, 0.3) is 16.2 Å². The quantitative estimate of drug-likeness (QED) is 0.628. The molecule has 0 atom stereocenters. The van der Waals surface area contributed by atoms with E-state index in [-0.39, 0.29) is 5.41 Å². The topological polar surface area (TPSA) is 17.3 Å². The summed E-state index contributed by atoms with van der Waals surface area (Å²) in [6, 6.07) is 10.5. The van der Waals surface area contributed by atoms with Crippen LogP contribution in [0.2, 0.25) is 0 Å². The summed E-state index contributed by atoms with van der Waals surface area (Å²) in [4.78, 5) is 7.23. The lowest BCUT2D eigenvalue weighted by Gasteiger charge is -2.19. The molecule has 3 heteroatoms. The molecule has 98 valence electrons. The number of hydrogen-bond donors (Lipinski definition) is 0. The van der Waals surface area contributed by atoms with Gasteiger partial charge in [0.25, 0.3) is 0 Å². The number of aromatic nitrogens is 2. The normalized spacial score (nSPS) is 12.2. The Balaban J connectivity index is 2.33. The maximum Gasteiger partial charge on any atom is 0.194 e. The molecular weight excluding hydrogens is 252 g/mol. The molecule has 19 heavy (non-hydrogen) atoms. The standard InChI is InChI=1S/C16H18N2S/c1-11-10-18-14(16(2,3)4)13(17-15(18)19-11)12-8-6-5-7-9-12/h5-10H,1-4H3. The van der Waals surface area contributed by atoms with Crippen LogP contribution in [0.15, 0.2) is 36.5 Å². The number of rotatable bonds is 1. The van der Waals surface area contributed by atoms with E-state index in [4.69, 9.17) is 4.98 Å². The zero-order valence-corrected chi connectivity index (χ0v) is 12.6. The van der Waals surface area contributed by atoms with Crippen molar-refractivity contribution in [3.63, 3.8) is 0 Å². The third kappa shape index (κ3) is 2.08. The second-order valence-electron chi connectivity index (χ2n) is 5.92. The first kappa shape index (κ1) is 12.4. The van der Waals surface area contributed by atoms with Gasteiger partial charge in [-0.25, -0.2) is 4.98 Å². The molecule has 0 spiro atoms. The largest absolute Gasteiger partial charge is 0.293 e. The number of fused-ring (bicyclic) bond motifs is 1. The van der Waals surface area contributed by atoms with Crippen LogP contribution >= 0.6 is 11.3 Å². The minimum absolute atomic E-state index is 0.0676. The Morgan fingerprint density at radius 1 is 1.11 bits per heavy atom. The lowest BCUT2D eigenvalue weighted by Crippen LogP contribution is -2.15. The highest BCUT2D eigenvalue weighted by atomic mass is 32.1. The van der Waals surface area contributed by atoms with E-state index in [0.717, 1.165) is 10.7 Å². The molecule has 0 bridgehead atoms. The molecule has 0 saturated carbocycles. The van der Waals surface area contributed by atoms with Crippen LogP contribution in [0, 0.1) is 6.92 Å². The lowest BCUT2D eigenvalue weighted by atomic mass is 9.89. The number of benzene rings is 1. The Morgan fingerprint density at radius 2 is 1.79 bits per heavy atom. The molecule has 0 aliphatic heterocycles. The third-order valence-corrected chi connectivity index (χ3v) is 4.10. The second kappa shape index (κ2) is 4.20. The second-order valence-corrected chi connectivity index (χ2v) is 7.13. The molecule has 2 aromatic heterocycles. The van der Waals surface area contributed by atoms with Gasteiger partial charge in [-0.1, -0.05) is 51.1 Å². The van der Waals surface area contributed by atoms with Crippen molar-refractivity contribution in [1.82, 2.24) is 9.38 Å². The van der Waals surface area contributed by atoms with E-state index >= 15 is 0 Å². The van der Waals surface area contributed by atoms with Gasteiger partial charge in [0.2, 0.25) is 0 Å². The van der Waals surface area contributed by atoms with Crippen molar-refractivity contribution in [2.45, 2.75) is 33.1 Å². The average molecular weight is 270 g/mol. The number of imidazole rings is 1. The summed E-state index contributed by atoms with van der Waals surface area (Å²) in [6.07, 6.45) is 2.19. The Hall–Kier alpha value is -1.61. The molecule has 0 fully saturated rings. The molecule has 0 radical (unpaired) electrons. The van der Waals surface area contributed by atoms with Crippen LogP contribution < -0.4 is 0 Å². The molecule has 2 nitrogen and oxygen atoms in total. The molecule has 3 aromatic rings. The summed E-state index contributed by atoms with van der Waals surface area (Å²) < 4.78 is 2.25. The van der Waals surface area contributed by atoms with E-state index in [9.17, 15) is 0 Å². The summed E-state index contributed by atoms with van der Waals surface area (Å²) in [7, 11) is 0. The van der Waals surface area contributed by atoms with Gasteiger partial charge >= 0.3 is 0 Å². The molecule has 0 aliphatic rings. The SMILES string of the molecule is Cc1cn2c(C(C)(C)C)c(-c3ccccc3)nc2s1. The maximum absolute atomic E-state index is 4.85. The van der Waals surface area contributed by atoms with Crippen molar-refractivity contribution >= 4 is 16.3 Å². The van der Waals surface area contributed by atoms with Crippen LogP contribution in [0.3, 0.4) is 0 Å². The van der Waals surface area contributed by atoms with Crippen molar-refractivity contribution in [3.05, 3.63) is 47.1 Å². The highest BCUT2D eigenvalue weighted by Crippen LogP contribution is 2.35. The molecule has 0 saturated heterocycles. The Labute approximate surface area is 117 Å². The number of nitrogens with zero attached hydrogens (tertiary/aromatic N) is 2. The third-order valence-electron chi connectivity index (χ3n) is 3.20. The molecule has 0 aliphatic carbocycles. The van der Waals surface area contributed by atoms with Crippen molar-refractivity contribution in [2.24, 2.45) is 0 Å². The van der Waals surface area contributed by atoms with Crippen molar-refractivity contribution in [2.75, 3.05) is 0 Å². The van der Waals surface area contributed by atoms with Crippen LogP contribution in [-0.2, 0) is 5.41 Å². The minimum Gasteiger partial charge on any atom is -0.293 e. The van der Waals surface area contributed by atoms with Crippen molar-refractivity contribution in [3.8, 4) is 11.3 Å². The van der Waals surface area contributed by atoms with Gasteiger partial charge in [0.15, 0.2) is 4.96 Å². The van der Waals surface area contributed by atoms with E-state index in [2.05, 4.69) is 62.6 Å². The van der Waals surface area contributed by atoms with Gasteiger partial charge in [-0.05, 0) is 6.92 Å². The zero-order valence-electron chi connectivity index (χ0n) is 11.8. The monoisotopic (exact) mass is 270 g/mol. The fourth-order valence-corrected chi connectivity index (χ4v) is 3.30. The Kier molecular flexibility index (Phi) is 2.75. The summed E-state index contributed by atoms with van der Waals surface area (Å²) in [5, 5.41) is 0. The maximum atomic E-state index is 4.85. The van der Waals surface area contributed by atoms with E-state index in [0.29, 0.717) is 0 Å². The summed E-state index contributed by atoms with van der Waals surface area (Å²) in [5.74, 6) is 0. The predicted octanol–water partition coefficient (Wildman–Crippen LogP) is 4.67. The van der Waals surface area contributed by atoms with Crippen molar-refractivity contribution < 1.29 is 0 Å². The van der Waals surface area contributed by atoms with Gasteiger partial charge in [-0.2, -0.15) is 0 Å². The Morgan fingerprint density at radius 3 is 2.42 bits per heavy atom. The molecule has 1 aromatic carbocycles. The number of aryl methyl sites for hydroxylation is 1. The van der Waals surface area contributed by atoms with Gasteiger partial charge in [-0.3, -0.25) is 4.40 Å². The highest BCUT2D eigenvalue weighted by molar-refractivity contribution is 7.17. The van der Waals surface area contributed by atoms with Crippen molar-refractivity contribution in [1.29, 1.82) is 0 Å². The van der Waals surface area contributed by atoms with E-state index < -0.39 is 0 Å². The predicted molar refractivity (Wildman–Crippen MR) is 81.9 cm³/mol. The fraction of sp³-hybridized carbons (Fsp3) is 0.312. The zero-order chi connectivity index (χ0) is 13.6. The summed E-state index contributed by atoms with van der Waals surface area (Å²) >= 11 is 1.75. The van der Waals surface area contributed by atoms with Gasteiger partial charge in [0.1, 0.15) is 0 Å². The minimum atomic E-state index is 0.0676. The number of hydrogen-bond acceptors (Lipinski definition) is 2. The van der Waals surface area contributed by atoms with Gasteiger partial charge < -0.3 is 0 Å². The first-order valence-corrected chi connectivity index (χ1v) is 7.33. The molecule has 3 rings (SSSR count). The Bertz CT molecular complexity index is 714. The van der Waals surface area contributed by atoms with Crippen LogP contribution in [0.4, 0.5) is 0 Å². The molecule has 2 heterocycles. The van der Waals surface area contributed by atoms with Crippen LogP contribution in [0.5, 0.6) is 0 Å². The van der Waals surface area contributed by atoms with Crippen LogP contribution in [-0.4, -0.2) is 9.38 Å². The van der Waals surface area contributed by atoms with Crippen LogP contribution in [0.1, 0.15) is 31.3 Å². The average Bonchev–Trinajstić information content (AvgIpc) is 2.84. The first-order valence-electron chi connectivity index (χ1n) is 6.51. The van der Waals surface area contributed by atoms with E-state index in [1.165, 1.54) is 16.1 Å². The van der Waals surface area contributed by atoms with Gasteiger partial charge in [-0.15, -0.1) is 11.3 Å². The smallest absolute Gasteiger partial charge is 0.194 e. The number of thiazole rings is 1. The molecule has 0 unspecified atom stereocenters. The van der Waals surface area contributed by atoms with E-state index in [1.807, 2.05) is 6.07 Å². The highest BCUT2D eigenvalue weighted by Gasteiger charge is 2.25. The fourth-order valence-electron chi connectivity index (χ4n) is 2.47. The molecule has 0 amide bonds. The summed E-state index contributed by atoms with van der Waals surface area (Å²) in [6.45, 7) is 8.87. The summed E-state index contributed by atoms with van der Waals surface area (Å²) in [5.41, 5.74) is 3.66. The lowest BCUT2D eigenvalue weighted by molar-refractivity contribution is 0.566. The molecule has 0 N–H and O–H groups in total. The molecular formula is C16H18N2S. The van der Waals surface area contributed by atoms with E-state index in [1.54, 1.807) is 11.3 Å².